The number of rotatable bonds is 5. The number of aliphatic hydroxyl groups excluding tert-OH is 1. The number of benzene rings is 1. The number of piperidine rings is 1. The van der Waals surface area contributed by atoms with Crippen molar-refractivity contribution in [2.45, 2.75) is 32.7 Å². The van der Waals surface area contributed by atoms with E-state index in [9.17, 15) is 14.7 Å². The Kier molecular flexibility index (Phi) is 6.23. The molecular weight excluding hydrogens is 368 g/mol. The SMILES string of the molecule is C=C(C(=O)OC)C1CC(c2[nH]c3ccccc3c2CCO)N(C(C)=O)C/C1=C\C. The molecule has 1 amide bonds. The number of nitrogens with one attached hydrogen (secondary N) is 1. The number of para-hydroxylation sites is 1. The van der Waals surface area contributed by atoms with Crippen molar-refractivity contribution in [3.05, 3.63) is 59.3 Å². The summed E-state index contributed by atoms with van der Waals surface area (Å²) in [5, 5.41) is 10.7. The molecule has 29 heavy (non-hydrogen) atoms. The highest BCUT2D eigenvalue weighted by atomic mass is 16.5. The number of aromatic amines is 1. The monoisotopic (exact) mass is 396 g/mol. The first-order valence-electron chi connectivity index (χ1n) is 9.82. The van der Waals surface area contributed by atoms with E-state index in [1.54, 1.807) is 6.92 Å². The molecule has 2 N–H and O–H groups in total. The molecule has 0 spiro atoms. The number of esters is 1. The van der Waals surface area contributed by atoms with E-state index in [-0.39, 0.29) is 24.5 Å². The van der Waals surface area contributed by atoms with Gasteiger partial charge in [0.2, 0.25) is 5.91 Å². The Balaban J connectivity index is 2.11. The molecule has 154 valence electrons. The van der Waals surface area contributed by atoms with Crippen LogP contribution in [0.25, 0.3) is 10.9 Å². The van der Waals surface area contributed by atoms with Crippen LogP contribution in [0.5, 0.6) is 0 Å². The van der Waals surface area contributed by atoms with E-state index >= 15 is 0 Å². The number of hydrogen-bond acceptors (Lipinski definition) is 4. The van der Waals surface area contributed by atoms with E-state index in [0.717, 1.165) is 27.7 Å². The maximum atomic E-state index is 12.5. The average Bonchev–Trinajstić information content (AvgIpc) is 3.10. The molecular formula is C23H28N2O4. The highest BCUT2D eigenvalue weighted by Gasteiger charge is 2.38. The molecule has 1 aliphatic heterocycles. The smallest absolute Gasteiger partial charge is 0.333 e. The quantitative estimate of drug-likeness (QED) is 0.462. The van der Waals surface area contributed by atoms with Gasteiger partial charge in [-0.25, -0.2) is 4.79 Å². The second-order valence-electron chi connectivity index (χ2n) is 7.37. The predicted molar refractivity (Wildman–Crippen MR) is 112 cm³/mol. The molecule has 6 nitrogen and oxygen atoms in total. The van der Waals surface area contributed by atoms with Crippen LogP contribution in [0, 0.1) is 5.92 Å². The van der Waals surface area contributed by atoms with Crippen molar-refractivity contribution in [2.75, 3.05) is 20.3 Å². The molecule has 2 atom stereocenters. The molecule has 0 aliphatic carbocycles. The van der Waals surface area contributed by atoms with Crippen LogP contribution in [0.3, 0.4) is 0 Å². The summed E-state index contributed by atoms with van der Waals surface area (Å²) >= 11 is 0. The van der Waals surface area contributed by atoms with Crippen LogP contribution in [0.2, 0.25) is 0 Å². The summed E-state index contributed by atoms with van der Waals surface area (Å²) < 4.78 is 4.90. The minimum atomic E-state index is -0.434. The molecule has 2 aromatic rings. The number of H-pyrrole nitrogens is 1. The van der Waals surface area contributed by atoms with Crippen LogP contribution in [-0.4, -0.2) is 47.1 Å². The number of methoxy groups -OCH3 is 1. The van der Waals surface area contributed by atoms with Gasteiger partial charge in [0.05, 0.1) is 13.2 Å². The minimum Gasteiger partial charge on any atom is -0.466 e. The number of allylic oxidation sites excluding steroid dienone is 1. The van der Waals surface area contributed by atoms with Crippen LogP contribution in [0.15, 0.2) is 48.1 Å². The molecule has 6 heteroatoms. The topological polar surface area (TPSA) is 82.6 Å². The van der Waals surface area contributed by atoms with Gasteiger partial charge in [0.1, 0.15) is 0 Å². The van der Waals surface area contributed by atoms with Gasteiger partial charge in [-0.15, -0.1) is 0 Å². The summed E-state index contributed by atoms with van der Waals surface area (Å²) in [6.45, 7) is 7.88. The van der Waals surface area contributed by atoms with Crippen molar-refractivity contribution in [1.82, 2.24) is 9.88 Å². The van der Waals surface area contributed by atoms with Gasteiger partial charge in [-0.3, -0.25) is 4.79 Å². The van der Waals surface area contributed by atoms with Crippen LogP contribution >= 0.6 is 0 Å². The van der Waals surface area contributed by atoms with Crippen molar-refractivity contribution in [2.24, 2.45) is 5.92 Å². The first-order chi connectivity index (χ1) is 13.9. The van der Waals surface area contributed by atoms with E-state index in [0.29, 0.717) is 25.0 Å². The molecule has 1 aliphatic rings. The van der Waals surface area contributed by atoms with Crippen LogP contribution in [0.1, 0.15) is 37.6 Å². The fourth-order valence-electron chi connectivity index (χ4n) is 4.34. The lowest BCUT2D eigenvalue weighted by molar-refractivity contribution is -0.136. The number of amides is 1. The second kappa shape index (κ2) is 8.66. The lowest BCUT2D eigenvalue weighted by Gasteiger charge is -2.41. The van der Waals surface area contributed by atoms with Gasteiger partial charge in [-0.2, -0.15) is 0 Å². The normalized spacial score (nSPS) is 20.8. The maximum Gasteiger partial charge on any atom is 0.333 e. The van der Waals surface area contributed by atoms with E-state index in [4.69, 9.17) is 4.74 Å². The van der Waals surface area contributed by atoms with Crippen molar-refractivity contribution >= 4 is 22.8 Å². The Morgan fingerprint density at radius 2 is 2.10 bits per heavy atom. The van der Waals surface area contributed by atoms with Crippen molar-refractivity contribution in [3.63, 3.8) is 0 Å². The first kappa shape index (κ1) is 20.9. The summed E-state index contributed by atoms with van der Waals surface area (Å²) in [7, 11) is 1.35. The first-order valence-corrected chi connectivity index (χ1v) is 9.82. The molecule has 2 heterocycles. The Morgan fingerprint density at radius 1 is 1.38 bits per heavy atom. The number of carbonyl (C=O) groups excluding carboxylic acids is 2. The number of fused-ring (bicyclic) bond motifs is 1. The number of nitrogens with zero attached hydrogens (tertiary/aromatic N) is 1. The van der Waals surface area contributed by atoms with E-state index in [1.807, 2.05) is 42.2 Å². The molecule has 0 saturated carbocycles. The summed E-state index contributed by atoms with van der Waals surface area (Å²) in [6.07, 6.45) is 2.96. The fourth-order valence-corrected chi connectivity index (χ4v) is 4.34. The molecule has 1 saturated heterocycles. The van der Waals surface area contributed by atoms with Gasteiger partial charge in [0.15, 0.2) is 0 Å². The molecule has 2 unspecified atom stereocenters. The number of carbonyl (C=O) groups is 2. The minimum absolute atomic E-state index is 0.0139. The zero-order valence-electron chi connectivity index (χ0n) is 17.2. The number of likely N-dealkylation sites (tertiary alicyclic amines) is 1. The number of hydrogen-bond donors (Lipinski definition) is 2. The van der Waals surface area contributed by atoms with Crippen LogP contribution in [-0.2, 0) is 20.7 Å². The van der Waals surface area contributed by atoms with E-state index in [1.165, 1.54) is 7.11 Å². The van der Waals surface area contributed by atoms with Crippen LogP contribution < -0.4 is 0 Å². The Bertz CT molecular complexity index is 972. The third kappa shape index (κ3) is 3.85. The number of aromatic nitrogens is 1. The molecule has 3 rings (SSSR count). The average molecular weight is 396 g/mol. The Hall–Kier alpha value is -2.86. The van der Waals surface area contributed by atoms with Gasteiger partial charge in [0.25, 0.3) is 0 Å². The van der Waals surface area contributed by atoms with Gasteiger partial charge in [-0.1, -0.05) is 30.9 Å². The second-order valence-corrected chi connectivity index (χ2v) is 7.37. The predicted octanol–water partition coefficient (Wildman–Crippen LogP) is 3.29. The third-order valence-electron chi connectivity index (χ3n) is 5.82. The highest BCUT2D eigenvalue weighted by Crippen LogP contribution is 2.42. The highest BCUT2D eigenvalue weighted by molar-refractivity contribution is 5.89. The van der Waals surface area contributed by atoms with E-state index in [2.05, 4.69) is 11.6 Å². The molecule has 0 radical (unpaired) electrons. The van der Waals surface area contributed by atoms with Crippen molar-refractivity contribution < 1.29 is 19.4 Å². The zero-order valence-corrected chi connectivity index (χ0v) is 17.2. The lowest BCUT2D eigenvalue weighted by Crippen LogP contribution is -2.42. The van der Waals surface area contributed by atoms with Crippen LogP contribution in [0.4, 0.5) is 0 Å². The lowest BCUT2D eigenvalue weighted by atomic mass is 9.79. The van der Waals surface area contributed by atoms with Gasteiger partial charge < -0.3 is 19.7 Å². The zero-order chi connectivity index (χ0) is 21.1. The van der Waals surface area contributed by atoms with Crippen molar-refractivity contribution in [3.8, 4) is 0 Å². The summed E-state index contributed by atoms with van der Waals surface area (Å²) in [5.41, 5.74) is 4.26. The summed E-state index contributed by atoms with van der Waals surface area (Å²) in [6, 6.07) is 7.67. The third-order valence-corrected chi connectivity index (χ3v) is 5.82. The van der Waals surface area contributed by atoms with Gasteiger partial charge in [0, 0.05) is 48.2 Å². The Morgan fingerprint density at radius 3 is 2.72 bits per heavy atom. The number of ether oxygens (including phenoxy) is 1. The standard InChI is InChI=1S/C23H28N2O4/c1-5-16-13-25(15(3)27)21(12-19(16)14(2)23(28)29-4)22-18(10-11-26)17-8-6-7-9-20(17)24-22/h5-9,19,21,24,26H,2,10-13H2,1,3-4H3/b16-5+. The number of aliphatic hydroxyl groups is 1. The summed E-state index contributed by atoms with van der Waals surface area (Å²) in [5.74, 6) is -0.678. The molecule has 0 bridgehead atoms. The fraction of sp³-hybridized carbons (Fsp3) is 0.391. The Labute approximate surface area is 170 Å². The van der Waals surface area contributed by atoms with Crippen molar-refractivity contribution in [1.29, 1.82) is 0 Å². The molecule has 1 fully saturated rings. The molecule has 1 aromatic heterocycles. The maximum absolute atomic E-state index is 12.5. The summed E-state index contributed by atoms with van der Waals surface area (Å²) in [4.78, 5) is 30.0. The van der Waals surface area contributed by atoms with Gasteiger partial charge in [-0.05, 0) is 37.0 Å². The van der Waals surface area contributed by atoms with E-state index < -0.39 is 5.97 Å². The van der Waals surface area contributed by atoms with Gasteiger partial charge >= 0.3 is 5.97 Å². The largest absolute Gasteiger partial charge is 0.466 e. The molecule has 1 aromatic carbocycles.